The summed E-state index contributed by atoms with van der Waals surface area (Å²) < 4.78 is 19.0. The van der Waals surface area contributed by atoms with Gasteiger partial charge in [0.2, 0.25) is 5.91 Å². The largest absolute Gasteiger partial charge is 0.486 e. The Morgan fingerprint density at radius 3 is 2.76 bits per heavy atom. The van der Waals surface area contributed by atoms with Gasteiger partial charge in [0.15, 0.2) is 0 Å². The van der Waals surface area contributed by atoms with Crippen LogP contribution in [0.3, 0.4) is 0 Å². The molecule has 1 amide bonds. The molecule has 1 aliphatic rings. The summed E-state index contributed by atoms with van der Waals surface area (Å²) in [6.07, 6.45) is 0.851. The molecule has 3 rings (SSSR count). The normalized spacial score (nSPS) is 17.4. The lowest BCUT2D eigenvalue weighted by Gasteiger charge is -2.39. The number of halogens is 1. The number of benzene rings is 2. The third kappa shape index (κ3) is 3.68. The average molecular weight is 343 g/mol. The second-order valence-electron chi connectivity index (χ2n) is 6.20. The van der Waals surface area contributed by atoms with Crippen LogP contribution < -0.4 is 20.7 Å². The van der Waals surface area contributed by atoms with E-state index in [4.69, 9.17) is 10.5 Å². The fourth-order valence-corrected chi connectivity index (χ4v) is 2.89. The molecule has 0 spiro atoms. The summed E-state index contributed by atoms with van der Waals surface area (Å²) in [4.78, 5) is 14.7. The van der Waals surface area contributed by atoms with Gasteiger partial charge in [-0.05, 0) is 55.8 Å². The maximum atomic E-state index is 13.0. The Morgan fingerprint density at radius 1 is 1.36 bits per heavy atom. The summed E-state index contributed by atoms with van der Waals surface area (Å²) in [5.41, 5.74) is 7.90. The predicted molar refractivity (Wildman–Crippen MR) is 97.4 cm³/mol. The smallest absolute Gasteiger partial charge is 0.246 e. The fraction of sp³-hybridized carbons (Fsp3) is 0.316. The molecule has 1 aliphatic heterocycles. The van der Waals surface area contributed by atoms with Gasteiger partial charge in [-0.2, -0.15) is 0 Å². The fourth-order valence-electron chi connectivity index (χ4n) is 2.89. The van der Waals surface area contributed by atoms with Gasteiger partial charge in [0, 0.05) is 11.4 Å². The summed E-state index contributed by atoms with van der Waals surface area (Å²) in [6, 6.07) is 10.7. The van der Waals surface area contributed by atoms with Crippen molar-refractivity contribution in [3.63, 3.8) is 0 Å². The minimum absolute atomic E-state index is 0.0113. The lowest BCUT2D eigenvalue weighted by atomic mass is 10.1. The van der Waals surface area contributed by atoms with E-state index in [2.05, 4.69) is 5.32 Å². The number of hydrogen-bond acceptors (Lipinski definition) is 4. The van der Waals surface area contributed by atoms with Gasteiger partial charge < -0.3 is 20.7 Å². The van der Waals surface area contributed by atoms with E-state index >= 15 is 0 Å². The number of carbonyl (C=O) groups is 1. The topological polar surface area (TPSA) is 67.6 Å². The predicted octanol–water partition coefficient (Wildman–Crippen LogP) is 3.41. The van der Waals surface area contributed by atoms with Crippen LogP contribution in [0, 0.1) is 5.82 Å². The van der Waals surface area contributed by atoms with Gasteiger partial charge >= 0.3 is 0 Å². The molecule has 2 atom stereocenters. The highest BCUT2D eigenvalue weighted by Gasteiger charge is 2.31. The van der Waals surface area contributed by atoms with Crippen LogP contribution in [0.1, 0.15) is 20.3 Å². The molecule has 25 heavy (non-hydrogen) atoms. The highest BCUT2D eigenvalue weighted by Crippen LogP contribution is 2.37. The summed E-state index contributed by atoms with van der Waals surface area (Å²) in [5.74, 6) is 0.222. The maximum Gasteiger partial charge on any atom is 0.246 e. The molecule has 0 saturated carbocycles. The molecular weight excluding hydrogens is 321 g/mol. The van der Waals surface area contributed by atoms with E-state index in [-0.39, 0.29) is 17.8 Å². The first-order chi connectivity index (χ1) is 12.0. The van der Waals surface area contributed by atoms with Crippen LogP contribution in [0.25, 0.3) is 0 Å². The Labute approximate surface area is 146 Å². The Kier molecular flexibility index (Phi) is 4.79. The number of amides is 1. The number of nitrogens with zero attached hydrogens (tertiary/aromatic N) is 1. The first kappa shape index (κ1) is 17.1. The second kappa shape index (κ2) is 7.01. The molecule has 0 fully saturated rings. The molecule has 0 radical (unpaired) electrons. The van der Waals surface area contributed by atoms with E-state index in [0.717, 1.165) is 17.9 Å². The molecular formula is C19H22FN3O2. The minimum Gasteiger partial charge on any atom is -0.486 e. The molecule has 0 aliphatic carbocycles. The molecule has 132 valence electrons. The molecule has 5 nitrogen and oxygen atoms in total. The molecule has 1 heterocycles. The first-order valence-corrected chi connectivity index (χ1v) is 8.37. The Bertz CT molecular complexity index is 764. The first-order valence-electron chi connectivity index (χ1n) is 8.37. The molecule has 0 bridgehead atoms. The molecule has 2 unspecified atom stereocenters. The van der Waals surface area contributed by atoms with Gasteiger partial charge in [0.1, 0.15) is 23.7 Å². The van der Waals surface area contributed by atoms with E-state index in [1.165, 1.54) is 12.1 Å². The van der Waals surface area contributed by atoms with Crippen LogP contribution >= 0.6 is 0 Å². The number of rotatable bonds is 4. The van der Waals surface area contributed by atoms with Gasteiger partial charge in [-0.15, -0.1) is 0 Å². The van der Waals surface area contributed by atoms with Gasteiger partial charge in [-0.1, -0.05) is 6.92 Å². The molecule has 0 saturated heterocycles. The van der Waals surface area contributed by atoms with Crippen molar-refractivity contribution in [3.8, 4) is 5.75 Å². The highest BCUT2D eigenvalue weighted by molar-refractivity contribution is 5.97. The van der Waals surface area contributed by atoms with E-state index in [1.807, 2.05) is 30.9 Å². The number of nitrogens with one attached hydrogen (secondary N) is 1. The Hall–Kier alpha value is -2.76. The van der Waals surface area contributed by atoms with Gasteiger partial charge in [-0.3, -0.25) is 4.79 Å². The van der Waals surface area contributed by atoms with Crippen molar-refractivity contribution in [1.82, 2.24) is 0 Å². The maximum absolute atomic E-state index is 13.0. The van der Waals surface area contributed by atoms with Crippen LogP contribution in [-0.4, -0.2) is 24.6 Å². The number of ether oxygens (including phenoxy) is 1. The zero-order chi connectivity index (χ0) is 18.0. The zero-order valence-corrected chi connectivity index (χ0v) is 14.3. The molecule has 0 aromatic heterocycles. The molecule has 2 aromatic carbocycles. The van der Waals surface area contributed by atoms with Gasteiger partial charge in [0.25, 0.3) is 0 Å². The van der Waals surface area contributed by atoms with E-state index in [0.29, 0.717) is 17.9 Å². The van der Waals surface area contributed by atoms with Crippen molar-refractivity contribution in [2.75, 3.05) is 22.5 Å². The van der Waals surface area contributed by atoms with E-state index < -0.39 is 6.04 Å². The van der Waals surface area contributed by atoms with Crippen LogP contribution in [0.2, 0.25) is 0 Å². The summed E-state index contributed by atoms with van der Waals surface area (Å²) >= 11 is 0. The number of nitrogen functional groups attached to an aromatic ring is 1. The van der Waals surface area contributed by atoms with E-state index in [9.17, 15) is 9.18 Å². The van der Waals surface area contributed by atoms with Crippen molar-refractivity contribution in [1.29, 1.82) is 0 Å². The summed E-state index contributed by atoms with van der Waals surface area (Å²) in [5, 5.41) is 2.83. The average Bonchev–Trinajstić information content (AvgIpc) is 2.62. The lowest BCUT2D eigenvalue weighted by molar-refractivity contribution is -0.117. The van der Waals surface area contributed by atoms with Crippen LogP contribution in [-0.2, 0) is 4.79 Å². The molecule has 3 N–H and O–H groups in total. The lowest BCUT2D eigenvalue weighted by Crippen LogP contribution is -2.49. The Morgan fingerprint density at radius 2 is 2.08 bits per heavy atom. The summed E-state index contributed by atoms with van der Waals surface area (Å²) in [7, 11) is 0. The third-order valence-corrected chi connectivity index (χ3v) is 4.40. The summed E-state index contributed by atoms with van der Waals surface area (Å²) in [6.45, 7) is 4.49. The molecule has 2 aromatic rings. The van der Waals surface area contributed by atoms with Gasteiger partial charge in [0.05, 0.1) is 12.2 Å². The minimum atomic E-state index is -0.427. The van der Waals surface area contributed by atoms with Crippen molar-refractivity contribution >= 4 is 23.0 Å². The van der Waals surface area contributed by atoms with Crippen molar-refractivity contribution in [2.45, 2.75) is 32.4 Å². The zero-order valence-electron chi connectivity index (χ0n) is 14.3. The second-order valence-corrected chi connectivity index (χ2v) is 6.20. The van der Waals surface area contributed by atoms with Crippen LogP contribution in [0.5, 0.6) is 5.75 Å². The van der Waals surface area contributed by atoms with Crippen LogP contribution in [0.4, 0.5) is 21.5 Å². The van der Waals surface area contributed by atoms with E-state index in [1.54, 1.807) is 18.2 Å². The molecule has 6 heteroatoms. The van der Waals surface area contributed by atoms with Gasteiger partial charge in [-0.25, -0.2) is 4.39 Å². The van der Waals surface area contributed by atoms with Crippen LogP contribution in [0.15, 0.2) is 42.5 Å². The standard InChI is InChI=1S/C19H22FN3O2/c1-3-16-11-23(17-10-14(21)6-9-18(17)25-16)12(2)19(24)22-15-7-4-13(20)5-8-15/h4-10,12,16H,3,11,21H2,1-2H3,(H,22,24). The van der Waals surface area contributed by atoms with Crippen molar-refractivity contribution < 1.29 is 13.9 Å². The number of carbonyl (C=O) groups excluding carboxylic acids is 1. The van der Waals surface area contributed by atoms with Crippen molar-refractivity contribution in [2.24, 2.45) is 0 Å². The number of fused-ring (bicyclic) bond motifs is 1. The monoisotopic (exact) mass is 343 g/mol. The SMILES string of the molecule is CCC1CN(C(C)C(=O)Nc2ccc(F)cc2)c2cc(N)ccc2O1. The van der Waals surface area contributed by atoms with Crippen molar-refractivity contribution in [3.05, 3.63) is 48.3 Å². The number of anilines is 3. The quantitative estimate of drug-likeness (QED) is 0.835. The third-order valence-electron chi connectivity index (χ3n) is 4.40. The Balaban J connectivity index is 1.82. The number of hydrogen-bond donors (Lipinski definition) is 2. The highest BCUT2D eigenvalue weighted by atomic mass is 19.1. The number of nitrogens with two attached hydrogens (primary N) is 1.